The summed E-state index contributed by atoms with van der Waals surface area (Å²) in [6.07, 6.45) is 0. The summed E-state index contributed by atoms with van der Waals surface area (Å²) in [5.41, 5.74) is 2.19. The normalized spacial score (nSPS) is 11.4. The fourth-order valence-electron chi connectivity index (χ4n) is 2.05. The first-order valence-electron chi connectivity index (χ1n) is 8.11. The van der Waals surface area contributed by atoms with Crippen LogP contribution in [-0.2, 0) is 4.79 Å². The third-order valence-electron chi connectivity index (χ3n) is 4.26. The molecule has 0 aliphatic heterocycles. The summed E-state index contributed by atoms with van der Waals surface area (Å²) < 4.78 is 5.56. The van der Waals surface area contributed by atoms with Crippen LogP contribution >= 0.6 is 0 Å². The van der Waals surface area contributed by atoms with Crippen LogP contribution in [0.3, 0.4) is 0 Å². The highest BCUT2D eigenvalue weighted by atomic mass is 16.5. The zero-order valence-electron chi connectivity index (χ0n) is 14.9. The lowest BCUT2D eigenvalue weighted by atomic mass is 10.0. The highest BCUT2D eigenvalue weighted by Gasteiger charge is 2.21. The van der Waals surface area contributed by atoms with Crippen molar-refractivity contribution in [1.29, 1.82) is 0 Å². The smallest absolute Gasteiger partial charge is 0.258 e. The Morgan fingerprint density at radius 1 is 1.00 bits per heavy atom. The Morgan fingerprint density at radius 3 is 2.17 bits per heavy atom. The maximum atomic E-state index is 11.9. The van der Waals surface area contributed by atoms with Crippen molar-refractivity contribution < 1.29 is 9.53 Å². The molecule has 0 aliphatic rings. The van der Waals surface area contributed by atoms with Gasteiger partial charge in [0.1, 0.15) is 5.75 Å². The van der Waals surface area contributed by atoms with Crippen molar-refractivity contribution in [3.8, 4) is 16.9 Å². The number of benzene rings is 2. The summed E-state index contributed by atoms with van der Waals surface area (Å²) >= 11 is 0. The topological polar surface area (TPSA) is 41.6 Å². The molecule has 4 heteroatoms. The minimum absolute atomic E-state index is 0.0220. The lowest BCUT2D eigenvalue weighted by molar-refractivity contribution is -0.123. The van der Waals surface area contributed by atoms with Crippen molar-refractivity contribution in [2.24, 2.45) is 0 Å². The number of hydrogen-bond donors (Lipinski definition) is 1. The van der Waals surface area contributed by atoms with E-state index in [2.05, 4.69) is 36.2 Å². The molecule has 1 N–H and O–H groups in total. The van der Waals surface area contributed by atoms with E-state index in [9.17, 15) is 4.79 Å². The second-order valence-electron chi connectivity index (χ2n) is 6.66. The molecule has 4 nitrogen and oxygen atoms in total. The molecular formula is C20H26N2O2. The number of likely N-dealkylation sites (N-methyl/N-ethyl adjacent to an activating group) is 1. The zero-order chi connectivity index (χ0) is 17.6. The van der Waals surface area contributed by atoms with E-state index in [0.29, 0.717) is 12.3 Å². The van der Waals surface area contributed by atoms with Crippen molar-refractivity contribution in [2.75, 3.05) is 27.2 Å². The predicted molar refractivity (Wildman–Crippen MR) is 98.1 cm³/mol. The minimum Gasteiger partial charge on any atom is -0.484 e. The Morgan fingerprint density at radius 2 is 1.58 bits per heavy atom. The molecule has 0 unspecified atom stereocenters. The first kappa shape index (κ1) is 18.0. The van der Waals surface area contributed by atoms with E-state index in [4.69, 9.17) is 4.74 Å². The van der Waals surface area contributed by atoms with Gasteiger partial charge in [0.05, 0.1) is 0 Å². The summed E-state index contributed by atoms with van der Waals surface area (Å²) in [5, 5.41) is 2.91. The molecule has 0 saturated carbocycles. The van der Waals surface area contributed by atoms with Gasteiger partial charge in [0, 0.05) is 12.1 Å². The third kappa shape index (κ3) is 5.10. The van der Waals surface area contributed by atoms with Crippen LogP contribution in [-0.4, -0.2) is 43.6 Å². The molecule has 0 aliphatic carbocycles. The first-order valence-corrected chi connectivity index (χ1v) is 8.11. The standard InChI is InChI=1S/C20H26N2O2/c1-20(2,22(3)4)15-21-19(23)14-24-18-12-10-17(11-13-18)16-8-6-5-7-9-16/h5-13H,14-15H2,1-4H3,(H,21,23). The van der Waals surface area contributed by atoms with Gasteiger partial charge < -0.3 is 15.0 Å². The number of ether oxygens (including phenoxy) is 1. The van der Waals surface area contributed by atoms with E-state index >= 15 is 0 Å². The SMILES string of the molecule is CN(C)C(C)(C)CNC(=O)COc1ccc(-c2ccccc2)cc1. The van der Waals surface area contributed by atoms with Crippen molar-refractivity contribution in [3.05, 3.63) is 54.6 Å². The minimum atomic E-state index is -0.114. The van der Waals surface area contributed by atoms with Crippen molar-refractivity contribution in [2.45, 2.75) is 19.4 Å². The Balaban J connectivity index is 1.83. The van der Waals surface area contributed by atoms with Crippen LogP contribution < -0.4 is 10.1 Å². The average Bonchev–Trinajstić information content (AvgIpc) is 2.59. The Kier molecular flexibility index (Phi) is 5.99. The number of nitrogens with zero attached hydrogens (tertiary/aromatic N) is 1. The van der Waals surface area contributed by atoms with Crippen LogP contribution in [0.1, 0.15) is 13.8 Å². The molecule has 0 atom stereocenters. The van der Waals surface area contributed by atoms with E-state index in [1.54, 1.807) is 0 Å². The molecule has 0 saturated heterocycles. The lowest BCUT2D eigenvalue weighted by Gasteiger charge is -2.32. The highest BCUT2D eigenvalue weighted by Crippen LogP contribution is 2.21. The van der Waals surface area contributed by atoms with Gasteiger partial charge in [0.15, 0.2) is 6.61 Å². The number of carbonyl (C=O) groups is 1. The number of amides is 1. The summed E-state index contributed by atoms with van der Waals surface area (Å²) in [5.74, 6) is 0.578. The van der Waals surface area contributed by atoms with Gasteiger partial charge in [-0.25, -0.2) is 0 Å². The fraction of sp³-hybridized carbons (Fsp3) is 0.350. The zero-order valence-corrected chi connectivity index (χ0v) is 14.9. The Hall–Kier alpha value is -2.33. The second kappa shape index (κ2) is 7.97. The Labute approximate surface area is 144 Å². The lowest BCUT2D eigenvalue weighted by Crippen LogP contribution is -2.48. The predicted octanol–water partition coefficient (Wildman–Crippen LogP) is 3.19. The van der Waals surface area contributed by atoms with Gasteiger partial charge in [-0.1, -0.05) is 42.5 Å². The maximum Gasteiger partial charge on any atom is 0.258 e. The fourth-order valence-corrected chi connectivity index (χ4v) is 2.05. The summed E-state index contributed by atoms with van der Waals surface area (Å²) in [6.45, 7) is 4.76. The van der Waals surface area contributed by atoms with Crippen LogP contribution in [0.2, 0.25) is 0 Å². The van der Waals surface area contributed by atoms with Crippen molar-refractivity contribution in [1.82, 2.24) is 10.2 Å². The molecule has 0 aromatic heterocycles. The summed E-state index contributed by atoms with van der Waals surface area (Å²) in [4.78, 5) is 14.0. The van der Waals surface area contributed by atoms with E-state index in [-0.39, 0.29) is 18.1 Å². The van der Waals surface area contributed by atoms with E-state index in [1.165, 1.54) is 0 Å². The Bertz CT molecular complexity index is 649. The van der Waals surface area contributed by atoms with Crippen LogP contribution in [0.25, 0.3) is 11.1 Å². The van der Waals surface area contributed by atoms with E-state index in [0.717, 1.165) is 11.1 Å². The maximum absolute atomic E-state index is 11.9. The number of hydrogen-bond acceptors (Lipinski definition) is 3. The van der Waals surface area contributed by atoms with Crippen molar-refractivity contribution in [3.63, 3.8) is 0 Å². The molecule has 24 heavy (non-hydrogen) atoms. The number of nitrogens with one attached hydrogen (secondary N) is 1. The molecule has 2 aromatic carbocycles. The third-order valence-corrected chi connectivity index (χ3v) is 4.26. The van der Waals surface area contributed by atoms with Gasteiger partial charge in [0.25, 0.3) is 5.91 Å². The van der Waals surface area contributed by atoms with Crippen molar-refractivity contribution >= 4 is 5.91 Å². The molecule has 2 rings (SSSR count). The van der Waals surface area contributed by atoms with Gasteiger partial charge >= 0.3 is 0 Å². The summed E-state index contributed by atoms with van der Waals surface area (Å²) in [6, 6.07) is 17.9. The van der Waals surface area contributed by atoms with Crippen LogP contribution in [0.4, 0.5) is 0 Å². The molecule has 0 bridgehead atoms. The molecule has 128 valence electrons. The highest BCUT2D eigenvalue weighted by molar-refractivity contribution is 5.77. The molecule has 1 amide bonds. The average molecular weight is 326 g/mol. The van der Waals surface area contributed by atoms with Gasteiger partial charge in [0.2, 0.25) is 0 Å². The molecule has 0 heterocycles. The van der Waals surface area contributed by atoms with E-state index in [1.807, 2.05) is 56.6 Å². The number of rotatable bonds is 7. The molecular weight excluding hydrogens is 300 g/mol. The monoisotopic (exact) mass is 326 g/mol. The van der Waals surface area contributed by atoms with Gasteiger partial charge in [-0.15, -0.1) is 0 Å². The van der Waals surface area contributed by atoms with Gasteiger partial charge in [-0.2, -0.15) is 0 Å². The van der Waals surface area contributed by atoms with Crippen LogP contribution in [0.5, 0.6) is 5.75 Å². The molecule has 0 fully saturated rings. The molecule has 2 aromatic rings. The molecule has 0 radical (unpaired) electrons. The quantitative estimate of drug-likeness (QED) is 0.849. The number of carbonyl (C=O) groups excluding carboxylic acids is 1. The first-order chi connectivity index (χ1) is 11.4. The van der Waals surface area contributed by atoms with E-state index < -0.39 is 0 Å². The molecule has 0 spiro atoms. The van der Waals surface area contributed by atoms with Gasteiger partial charge in [-0.3, -0.25) is 4.79 Å². The second-order valence-corrected chi connectivity index (χ2v) is 6.66. The van der Waals surface area contributed by atoms with Crippen LogP contribution in [0, 0.1) is 0 Å². The van der Waals surface area contributed by atoms with Gasteiger partial charge in [-0.05, 0) is 51.2 Å². The summed E-state index contributed by atoms with van der Waals surface area (Å²) in [7, 11) is 3.99. The largest absolute Gasteiger partial charge is 0.484 e. The van der Waals surface area contributed by atoms with Crippen LogP contribution in [0.15, 0.2) is 54.6 Å².